The van der Waals surface area contributed by atoms with Gasteiger partial charge in [0.15, 0.2) is 11.6 Å². The lowest BCUT2D eigenvalue weighted by Gasteiger charge is -2.00. The van der Waals surface area contributed by atoms with Crippen LogP contribution in [0.5, 0.6) is 0 Å². The van der Waals surface area contributed by atoms with E-state index in [4.69, 9.17) is 5.11 Å². The van der Waals surface area contributed by atoms with Crippen molar-refractivity contribution in [2.45, 2.75) is 19.8 Å². The lowest BCUT2D eigenvalue weighted by atomic mass is 10.1. The van der Waals surface area contributed by atoms with Gasteiger partial charge in [0.2, 0.25) is 0 Å². The van der Waals surface area contributed by atoms with Crippen molar-refractivity contribution in [3.63, 3.8) is 0 Å². The summed E-state index contributed by atoms with van der Waals surface area (Å²) in [5.74, 6) is -2.70. The first kappa shape index (κ1) is 13.6. The normalized spacial score (nSPS) is 10.7. The van der Waals surface area contributed by atoms with Gasteiger partial charge in [-0.1, -0.05) is 6.07 Å². The fourth-order valence-corrected chi connectivity index (χ4v) is 2.79. The van der Waals surface area contributed by atoms with Crippen molar-refractivity contribution < 1.29 is 18.7 Å². The van der Waals surface area contributed by atoms with Crippen LogP contribution in [0.2, 0.25) is 0 Å². The number of thiazole rings is 1. The molecule has 0 aliphatic carbocycles. The van der Waals surface area contributed by atoms with Crippen molar-refractivity contribution >= 4 is 17.3 Å². The van der Waals surface area contributed by atoms with Crippen molar-refractivity contribution in [1.82, 2.24) is 4.98 Å². The number of aliphatic carboxylic acids is 1. The lowest BCUT2D eigenvalue weighted by Crippen LogP contribution is -1.98. The summed E-state index contributed by atoms with van der Waals surface area (Å²) in [7, 11) is 0. The van der Waals surface area contributed by atoms with Crippen molar-refractivity contribution in [3.8, 4) is 0 Å². The summed E-state index contributed by atoms with van der Waals surface area (Å²) in [6.07, 6.45) is 0.295. The fraction of sp³-hybridized carbons (Fsp3) is 0.231. The van der Waals surface area contributed by atoms with Gasteiger partial charge in [-0.25, -0.2) is 13.8 Å². The van der Waals surface area contributed by atoms with E-state index in [9.17, 15) is 13.6 Å². The summed E-state index contributed by atoms with van der Waals surface area (Å²) < 4.78 is 25.9. The topological polar surface area (TPSA) is 50.2 Å². The molecule has 0 saturated carbocycles. The largest absolute Gasteiger partial charge is 0.481 e. The smallest absolute Gasteiger partial charge is 0.310 e. The number of aromatic nitrogens is 1. The summed E-state index contributed by atoms with van der Waals surface area (Å²) in [4.78, 5) is 15.6. The highest BCUT2D eigenvalue weighted by Crippen LogP contribution is 2.22. The fourth-order valence-electron chi connectivity index (χ4n) is 1.69. The minimum Gasteiger partial charge on any atom is -0.481 e. The summed E-state index contributed by atoms with van der Waals surface area (Å²) in [5.41, 5.74) is 1.36. The van der Waals surface area contributed by atoms with Crippen LogP contribution in [0.1, 0.15) is 21.1 Å². The molecule has 1 aromatic carbocycles. The molecule has 100 valence electrons. The molecule has 0 aliphatic heterocycles. The molecule has 0 unspecified atom stereocenters. The Bertz CT molecular complexity index is 625. The molecule has 0 saturated heterocycles. The standard InChI is InChI=1S/C13H11F2NO2S/c1-7-11(19-12(16-7)6-13(17)18)5-8-2-3-9(14)10(15)4-8/h2-4H,5-6H2,1H3,(H,17,18). The number of aryl methyl sites for hydroxylation is 1. The van der Waals surface area contributed by atoms with Gasteiger partial charge in [0.1, 0.15) is 5.01 Å². The maximum atomic E-state index is 13.1. The Morgan fingerprint density at radius 3 is 2.74 bits per heavy atom. The molecule has 3 nitrogen and oxygen atoms in total. The molecular formula is C13H11F2NO2S. The number of carboxylic acids is 1. The number of rotatable bonds is 4. The van der Waals surface area contributed by atoms with E-state index in [-0.39, 0.29) is 6.42 Å². The molecule has 1 heterocycles. The molecule has 19 heavy (non-hydrogen) atoms. The molecule has 0 aliphatic rings. The molecule has 0 bridgehead atoms. The van der Waals surface area contributed by atoms with Crippen molar-refractivity contribution in [1.29, 1.82) is 0 Å². The molecule has 0 fully saturated rings. The Labute approximate surface area is 112 Å². The number of benzene rings is 1. The Hall–Kier alpha value is -1.82. The van der Waals surface area contributed by atoms with Crippen LogP contribution in [0.3, 0.4) is 0 Å². The van der Waals surface area contributed by atoms with Crippen LogP contribution in [-0.2, 0) is 17.6 Å². The van der Waals surface area contributed by atoms with Gasteiger partial charge in [0.25, 0.3) is 0 Å². The molecule has 6 heteroatoms. The molecule has 0 spiro atoms. The molecule has 0 amide bonds. The van der Waals surface area contributed by atoms with Crippen LogP contribution in [0.15, 0.2) is 18.2 Å². The summed E-state index contributed by atoms with van der Waals surface area (Å²) >= 11 is 1.28. The quantitative estimate of drug-likeness (QED) is 0.938. The summed E-state index contributed by atoms with van der Waals surface area (Å²) in [6.45, 7) is 1.77. The van der Waals surface area contributed by atoms with E-state index < -0.39 is 17.6 Å². The van der Waals surface area contributed by atoms with Gasteiger partial charge in [-0.05, 0) is 24.6 Å². The molecule has 1 aromatic heterocycles. The molecule has 2 aromatic rings. The average molecular weight is 283 g/mol. The molecular weight excluding hydrogens is 272 g/mol. The number of carbonyl (C=O) groups is 1. The van der Waals surface area contributed by atoms with Crippen LogP contribution >= 0.6 is 11.3 Å². The lowest BCUT2D eigenvalue weighted by molar-refractivity contribution is -0.136. The third-order valence-corrected chi connectivity index (χ3v) is 3.75. The van der Waals surface area contributed by atoms with Gasteiger partial charge in [0, 0.05) is 11.3 Å². The van der Waals surface area contributed by atoms with Crippen LogP contribution < -0.4 is 0 Å². The third-order valence-electron chi connectivity index (χ3n) is 2.59. The predicted octanol–water partition coefficient (Wildman–Crippen LogP) is 2.95. The number of hydrogen-bond donors (Lipinski definition) is 1. The van der Waals surface area contributed by atoms with Gasteiger partial charge in [-0.15, -0.1) is 11.3 Å². The average Bonchev–Trinajstić information content (AvgIpc) is 2.63. The zero-order valence-corrected chi connectivity index (χ0v) is 10.9. The van der Waals surface area contributed by atoms with E-state index in [2.05, 4.69) is 4.98 Å². The van der Waals surface area contributed by atoms with Gasteiger partial charge in [-0.2, -0.15) is 0 Å². The second-order valence-corrected chi connectivity index (χ2v) is 5.28. The predicted molar refractivity (Wildman–Crippen MR) is 67.4 cm³/mol. The maximum Gasteiger partial charge on any atom is 0.310 e. The number of halogens is 2. The van der Waals surface area contributed by atoms with E-state index in [1.54, 1.807) is 6.92 Å². The van der Waals surface area contributed by atoms with Crippen LogP contribution in [0, 0.1) is 18.6 Å². The Morgan fingerprint density at radius 2 is 2.11 bits per heavy atom. The van der Waals surface area contributed by atoms with Crippen LogP contribution in [0.25, 0.3) is 0 Å². The highest BCUT2D eigenvalue weighted by Gasteiger charge is 2.12. The zero-order valence-electron chi connectivity index (χ0n) is 10.1. The number of carboxylic acid groups (broad SMARTS) is 1. The summed E-state index contributed by atoms with van der Waals surface area (Å²) in [6, 6.07) is 3.74. The first-order chi connectivity index (χ1) is 8.95. The first-order valence-electron chi connectivity index (χ1n) is 5.56. The van der Waals surface area contributed by atoms with Crippen molar-refractivity contribution in [3.05, 3.63) is 51.0 Å². The summed E-state index contributed by atoms with van der Waals surface area (Å²) in [5, 5.41) is 9.22. The van der Waals surface area contributed by atoms with E-state index in [0.717, 1.165) is 22.7 Å². The number of nitrogens with zero attached hydrogens (tertiary/aromatic N) is 1. The Kier molecular flexibility index (Phi) is 3.90. The second kappa shape index (κ2) is 5.44. The number of hydrogen-bond acceptors (Lipinski definition) is 3. The van der Waals surface area contributed by atoms with Crippen LogP contribution in [0.4, 0.5) is 8.78 Å². The van der Waals surface area contributed by atoms with E-state index >= 15 is 0 Å². The maximum absolute atomic E-state index is 13.1. The third kappa shape index (κ3) is 3.35. The van der Waals surface area contributed by atoms with Gasteiger partial charge >= 0.3 is 5.97 Å². The van der Waals surface area contributed by atoms with E-state index in [1.165, 1.54) is 17.4 Å². The second-order valence-electron chi connectivity index (χ2n) is 4.11. The minimum absolute atomic E-state index is 0.122. The van der Waals surface area contributed by atoms with Gasteiger partial charge in [0.05, 0.1) is 12.1 Å². The van der Waals surface area contributed by atoms with Crippen LogP contribution in [-0.4, -0.2) is 16.1 Å². The SMILES string of the molecule is Cc1nc(CC(=O)O)sc1Cc1ccc(F)c(F)c1. The monoisotopic (exact) mass is 283 g/mol. The molecule has 0 atom stereocenters. The highest BCUT2D eigenvalue weighted by atomic mass is 32.1. The molecule has 1 N–H and O–H groups in total. The minimum atomic E-state index is -0.937. The first-order valence-corrected chi connectivity index (χ1v) is 6.38. The van der Waals surface area contributed by atoms with Gasteiger partial charge < -0.3 is 5.11 Å². The van der Waals surface area contributed by atoms with Gasteiger partial charge in [-0.3, -0.25) is 4.79 Å². The zero-order chi connectivity index (χ0) is 14.0. The van der Waals surface area contributed by atoms with E-state index in [0.29, 0.717) is 17.0 Å². The highest BCUT2D eigenvalue weighted by molar-refractivity contribution is 7.11. The van der Waals surface area contributed by atoms with Crippen molar-refractivity contribution in [2.24, 2.45) is 0 Å². The van der Waals surface area contributed by atoms with Crippen molar-refractivity contribution in [2.75, 3.05) is 0 Å². The molecule has 2 rings (SSSR count). The molecule has 0 radical (unpaired) electrons. The Morgan fingerprint density at radius 1 is 1.37 bits per heavy atom. The Balaban J connectivity index is 2.20. The van der Waals surface area contributed by atoms with E-state index in [1.807, 2.05) is 0 Å².